The second-order valence-corrected chi connectivity index (χ2v) is 3.83. The van der Waals surface area contributed by atoms with Crippen LogP contribution in [0.3, 0.4) is 0 Å². The molecule has 1 aromatic carbocycles. The van der Waals surface area contributed by atoms with Gasteiger partial charge in [-0.05, 0) is 18.2 Å². The summed E-state index contributed by atoms with van der Waals surface area (Å²) in [6, 6.07) is 11.2. The number of fused-ring (bicyclic) bond motifs is 1. The topological polar surface area (TPSA) is 54.5 Å². The lowest BCUT2D eigenvalue weighted by Crippen LogP contribution is -2.22. The number of nitrogens with zero attached hydrogens (tertiary/aromatic N) is 1. The van der Waals surface area contributed by atoms with E-state index in [2.05, 4.69) is 10.1 Å². The maximum atomic E-state index is 11.6. The van der Waals surface area contributed by atoms with Crippen molar-refractivity contribution in [2.24, 2.45) is 5.16 Å². The van der Waals surface area contributed by atoms with Gasteiger partial charge in [0.15, 0.2) is 5.75 Å². The molecule has 1 aliphatic heterocycles. The third-order valence-corrected chi connectivity index (χ3v) is 2.71. The van der Waals surface area contributed by atoms with E-state index < -0.39 is 0 Å². The van der Waals surface area contributed by atoms with Gasteiger partial charge in [-0.15, -0.1) is 0 Å². The number of hydrogen-bond acceptors (Lipinski definition) is 3. The van der Waals surface area contributed by atoms with Gasteiger partial charge in [0.1, 0.15) is 0 Å². The summed E-state index contributed by atoms with van der Waals surface area (Å²) in [5.74, 6) is 0.753. The zero-order valence-corrected chi connectivity index (χ0v) is 9.01. The minimum Gasteiger partial charge on any atom is -0.356 e. The zero-order valence-electron chi connectivity index (χ0n) is 9.01. The second-order valence-electron chi connectivity index (χ2n) is 3.83. The number of nitrogens with one attached hydrogen (secondary N) is 1. The standard InChI is InChI=1S/C13H10N2O2/c16-13-10(5-3-7-14-13)11-8-9-4-1-2-6-12(9)17-15-11/h1-7H,8H2,(H,14,16). The average molecular weight is 226 g/mol. The first-order valence-corrected chi connectivity index (χ1v) is 5.34. The highest BCUT2D eigenvalue weighted by Gasteiger charge is 2.17. The lowest BCUT2D eigenvalue weighted by atomic mass is 10.0. The van der Waals surface area contributed by atoms with Crippen molar-refractivity contribution in [3.63, 3.8) is 0 Å². The van der Waals surface area contributed by atoms with Gasteiger partial charge < -0.3 is 9.82 Å². The summed E-state index contributed by atoms with van der Waals surface area (Å²) in [5, 5.41) is 4.00. The Bertz CT molecular complexity index is 644. The summed E-state index contributed by atoms with van der Waals surface area (Å²) in [4.78, 5) is 19.5. The Morgan fingerprint density at radius 2 is 2.06 bits per heavy atom. The Morgan fingerprint density at radius 3 is 2.94 bits per heavy atom. The highest BCUT2D eigenvalue weighted by molar-refractivity contribution is 6.02. The number of benzene rings is 1. The first-order valence-electron chi connectivity index (χ1n) is 5.34. The lowest BCUT2D eigenvalue weighted by molar-refractivity contribution is 0.331. The summed E-state index contributed by atoms with van der Waals surface area (Å²) >= 11 is 0. The molecule has 0 spiro atoms. The summed E-state index contributed by atoms with van der Waals surface area (Å²) in [6.45, 7) is 0. The van der Waals surface area contributed by atoms with Gasteiger partial charge in [-0.1, -0.05) is 23.4 Å². The Kier molecular flexibility index (Phi) is 2.26. The molecule has 84 valence electrons. The number of rotatable bonds is 1. The summed E-state index contributed by atoms with van der Waals surface area (Å²) in [6.07, 6.45) is 2.22. The molecule has 3 rings (SSSR count). The monoisotopic (exact) mass is 226 g/mol. The van der Waals surface area contributed by atoms with Crippen molar-refractivity contribution in [3.8, 4) is 5.75 Å². The van der Waals surface area contributed by atoms with Crippen molar-refractivity contribution in [2.45, 2.75) is 6.42 Å². The largest absolute Gasteiger partial charge is 0.356 e. The highest BCUT2D eigenvalue weighted by Crippen LogP contribution is 2.23. The van der Waals surface area contributed by atoms with E-state index >= 15 is 0 Å². The molecule has 0 amide bonds. The van der Waals surface area contributed by atoms with E-state index in [0.717, 1.165) is 11.3 Å². The fourth-order valence-corrected chi connectivity index (χ4v) is 1.85. The van der Waals surface area contributed by atoms with Crippen molar-refractivity contribution in [1.82, 2.24) is 4.98 Å². The molecule has 0 saturated heterocycles. The minimum absolute atomic E-state index is 0.144. The molecule has 2 heterocycles. The predicted molar refractivity (Wildman–Crippen MR) is 64.4 cm³/mol. The van der Waals surface area contributed by atoms with Crippen molar-refractivity contribution >= 4 is 5.71 Å². The van der Waals surface area contributed by atoms with Crippen LogP contribution in [0.25, 0.3) is 0 Å². The van der Waals surface area contributed by atoms with Gasteiger partial charge in [-0.25, -0.2) is 0 Å². The van der Waals surface area contributed by atoms with Crippen LogP contribution in [0.4, 0.5) is 0 Å². The average Bonchev–Trinajstić information content (AvgIpc) is 2.39. The van der Waals surface area contributed by atoms with Crippen molar-refractivity contribution in [2.75, 3.05) is 0 Å². The van der Waals surface area contributed by atoms with E-state index in [9.17, 15) is 4.79 Å². The van der Waals surface area contributed by atoms with E-state index in [-0.39, 0.29) is 5.56 Å². The number of para-hydroxylation sites is 1. The quantitative estimate of drug-likeness (QED) is 0.804. The number of pyridine rings is 1. The molecule has 4 nitrogen and oxygen atoms in total. The molecule has 1 N–H and O–H groups in total. The molecule has 17 heavy (non-hydrogen) atoms. The first kappa shape index (κ1) is 9.84. The van der Waals surface area contributed by atoms with Crippen LogP contribution in [-0.2, 0) is 6.42 Å². The summed E-state index contributed by atoms with van der Waals surface area (Å²) in [7, 11) is 0. The second kappa shape index (κ2) is 3.90. The summed E-state index contributed by atoms with van der Waals surface area (Å²) < 4.78 is 0. The molecule has 0 bridgehead atoms. The van der Waals surface area contributed by atoms with Gasteiger partial charge >= 0.3 is 0 Å². The van der Waals surface area contributed by atoms with Crippen molar-refractivity contribution in [3.05, 3.63) is 64.1 Å². The maximum Gasteiger partial charge on any atom is 0.257 e. The lowest BCUT2D eigenvalue weighted by Gasteiger charge is -2.14. The Morgan fingerprint density at radius 1 is 1.18 bits per heavy atom. The normalized spacial score (nSPS) is 13.5. The molecule has 0 atom stereocenters. The SMILES string of the molecule is O=c1[nH]cccc1C1=NOc2ccccc2C1. The fraction of sp³-hybridized carbons (Fsp3) is 0.0769. The van der Waals surface area contributed by atoms with Crippen LogP contribution in [0.1, 0.15) is 11.1 Å². The van der Waals surface area contributed by atoms with Crippen LogP contribution in [-0.4, -0.2) is 10.7 Å². The van der Waals surface area contributed by atoms with Gasteiger partial charge in [-0.3, -0.25) is 4.79 Å². The number of H-pyrrole nitrogens is 1. The van der Waals surface area contributed by atoms with Gasteiger partial charge in [0.05, 0.1) is 11.3 Å². The molecule has 0 fully saturated rings. The fourth-order valence-electron chi connectivity index (χ4n) is 1.85. The molecule has 0 aliphatic carbocycles. The van der Waals surface area contributed by atoms with Crippen molar-refractivity contribution in [1.29, 1.82) is 0 Å². The third-order valence-electron chi connectivity index (χ3n) is 2.71. The molecule has 0 saturated carbocycles. The molecular formula is C13H10N2O2. The molecule has 0 unspecified atom stereocenters. The van der Waals surface area contributed by atoms with E-state index in [1.165, 1.54) is 0 Å². The van der Waals surface area contributed by atoms with Gasteiger partial charge in [-0.2, -0.15) is 0 Å². The molecule has 4 heteroatoms. The van der Waals surface area contributed by atoms with Crippen LogP contribution in [0, 0.1) is 0 Å². The predicted octanol–water partition coefficient (Wildman–Crippen LogP) is 1.71. The zero-order chi connectivity index (χ0) is 11.7. The first-order chi connectivity index (χ1) is 8.34. The summed E-state index contributed by atoms with van der Waals surface area (Å²) in [5.41, 5.74) is 2.11. The molecule has 2 aromatic rings. The van der Waals surface area contributed by atoms with E-state index in [1.54, 1.807) is 18.3 Å². The van der Waals surface area contributed by atoms with Crippen LogP contribution < -0.4 is 10.4 Å². The van der Waals surface area contributed by atoms with E-state index in [0.29, 0.717) is 17.7 Å². The van der Waals surface area contributed by atoms with Crippen LogP contribution >= 0.6 is 0 Å². The van der Waals surface area contributed by atoms with Gasteiger partial charge in [0, 0.05) is 18.2 Å². The molecule has 1 aliphatic rings. The molecule has 0 radical (unpaired) electrons. The van der Waals surface area contributed by atoms with Gasteiger partial charge in [0.2, 0.25) is 0 Å². The Balaban J connectivity index is 2.02. The smallest absolute Gasteiger partial charge is 0.257 e. The molecular weight excluding hydrogens is 216 g/mol. The van der Waals surface area contributed by atoms with Gasteiger partial charge in [0.25, 0.3) is 5.56 Å². The molecule has 1 aromatic heterocycles. The van der Waals surface area contributed by atoms with Crippen LogP contribution in [0.5, 0.6) is 5.75 Å². The maximum absolute atomic E-state index is 11.6. The minimum atomic E-state index is -0.144. The van der Waals surface area contributed by atoms with Crippen molar-refractivity contribution < 1.29 is 4.84 Å². The van der Waals surface area contributed by atoms with Crippen LogP contribution in [0.2, 0.25) is 0 Å². The Hall–Kier alpha value is -2.36. The van der Waals surface area contributed by atoms with Crippen LogP contribution in [0.15, 0.2) is 52.5 Å². The van der Waals surface area contributed by atoms with E-state index in [4.69, 9.17) is 4.84 Å². The highest BCUT2D eigenvalue weighted by atomic mass is 16.6. The number of aromatic amines is 1. The number of hydrogen-bond donors (Lipinski definition) is 1. The Labute approximate surface area is 97.6 Å². The third kappa shape index (κ3) is 1.73. The van der Waals surface area contributed by atoms with E-state index in [1.807, 2.05) is 24.3 Å². The number of oxime groups is 1. The number of aromatic nitrogens is 1.